The van der Waals surface area contributed by atoms with Crippen LogP contribution in [0.5, 0.6) is 5.75 Å². The van der Waals surface area contributed by atoms with Gasteiger partial charge in [-0.15, -0.1) is 0 Å². The molecule has 2 rings (SSSR count). The molecule has 1 heterocycles. The van der Waals surface area contributed by atoms with Crippen molar-refractivity contribution in [2.45, 2.75) is 13.3 Å². The van der Waals surface area contributed by atoms with Crippen LogP contribution in [0.25, 0.3) is 0 Å². The summed E-state index contributed by atoms with van der Waals surface area (Å²) in [6.07, 6.45) is 1.88. The quantitative estimate of drug-likeness (QED) is 0.835. The number of pyridine rings is 1. The monoisotopic (exact) mass is 256 g/mol. The number of Topliss-reactive ketones (excluding diaryl/α,β-unsaturated/α-hetero) is 1. The zero-order valence-corrected chi connectivity index (χ0v) is 10.8. The summed E-state index contributed by atoms with van der Waals surface area (Å²) in [5.41, 5.74) is 7.08. The molecule has 0 fully saturated rings. The van der Waals surface area contributed by atoms with Crippen LogP contribution in [0, 0.1) is 6.92 Å². The molecule has 0 unspecified atom stereocenters. The van der Waals surface area contributed by atoms with Gasteiger partial charge in [0.05, 0.1) is 12.2 Å². The normalized spacial score (nSPS) is 10.2. The zero-order chi connectivity index (χ0) is 13.7. The van der Waals surface area contributed by atoms with Crippen LogP contribution in [-0.2, 0) is 0 Å². The van der Waals surface area contributed by atoms with Crippen molar-refractivity contribution >= 4 is 11.6 Å². The maximum atomic E-state index is 12.1. The first-order chi connectivity index (χ1) is 9.18. The molecule has 0 aliphatic carbocycles. The van der Waals surface area contributed by atoms with Crippen LogP contribution in [0.3, 0.4) is 0 Å². The second-order valence-electron chi connectivity index (χ2n) is 4.22. The number of aromatic nitrogens is 1. The molecule has 0 bridgehead atoms. The van der Waals surface area contributed by atoms with E-state index in [4.69, 9.17) is 10.5 Å². The lowest BCUT2D eigenvalue weighted by atomic mass is 10.0. The third-order valence-electron chi connectivity index (χ3n) is 2.81. The maximum absolute atomic E-state index is 12.1. The van der Waals surface area contributed by atoms with E-state index in [1.54, 1.807) is 12.3 Å². The van der Waals surface area contributed by atoms with Crippen LogP contribution in [0.4, 0.5) is 5.82 Å². The van der Waals surface area contributed by atoms with Gasteiger partial charge in [0, 0.05) is 12.6 Å². The number of para-hydroxylation sites is 1. The van der Waals surface area contributed by atoms with Crippen molar-refractivity contribution in [2.24, 2.45) is 0 Å². The number of nitrogens with zero attached hydrogens (tertiary/aromatic N) is 1. The van der Waals surface area contributed by atoms with E-state index >= 15 is 0 Å². The van der Waals surface area contributed by atoms with Gasteiger partial charge >= 0.3 is 0 Å². The highest BCUT2D eigenvalue weighted by Crippen LogP contribution is 2.16. The molecule has 2 aromatic rings. The van der Waals surface area contributed by atoms with Crippen molar-refractivity contribution in [3.63, 3.8) is 0 Å². The summed E-state index contributed by atoms with van der Waals surface area (Å²) < 4.78 is 5.50. The highest BCUT2D eigenvalue weighted by atomic mass is 16.5. The molecule has 0 amide bonds. The van der Waals surface area contributed by atoms with Crippen LogP contribution in [0.2, 0.25) is 0 Å². The van der Waals surface area contributed by atoms with Crippen molar-refractivity contribution < 1.29 is 9.53 Å². The van der Waals surface area contributed by atoms with Crippen molar-refractivity contribution in [2.75, 3.05) is 12.3 Å². The molecule has 0 radical (unpaired) electrons. The van der Waals surface area contributed by atoms with E-state index in [1.165, 1.54) is 0 Å². The number of nitrogen functional groups attached to an aromatic ring is 1. The number of benzene rings is 1. The number of anilines is 1. The van der Waals surface area contributed by atoms with E-state index in [1.807, 2.05) is 37.3 Å². The number of hydrogen-bond acceptors (Lipinski definition) is 4. The minimum absolute atomic E-state index is 0.0426. The summed E-state index contributed by atoms with van der Waals surface area (Å²) in [6.45, 7) is 2.18. The summed E-state index contributed by atoms with van der Waals surface area (Å²) in [4.78, 5) is 16.0. The number of ketones is 1. The van der Waals surface area contributed by atoms with Gasteiger partial charge in [0.1, 0.15) is 11.6 Å². The molecule has 0 atom stereocenters. The Morgan fingerprint density at radius 2 is 2.00 bits per heavy atom. The third kappa shape index (κ3) is 3.31. The Labute approximate surface area is 112 Å². The fourth-order valence-electron chi connectivity index (χ4n) is 1.85. The predicted octanol–water partition coefficient (Wildman–Crippen LogP) is 2.62. The minimum Gasteiger partial charge on any atom is -0.493 e. The predicted molar refractivity (Wildman–Crippen MR) is 74.3 cm³/mol. The Kier molecular flexibility index (Phi) is 4.13. The van der Waals surface area contributed by atoms with Crippen molar-refractivity contribution in [1.29, 1.82) is 0 Å². The number of carbonyl (C=O) groups excluding carboxylic acids is 1. The van der Waals surface area contributed by atoms with Gasteiger partial charge in [-0.1, -0.05) is 18.2 Å². The first-order valence-electron chi connectivity index (χ1n) is 6.10. The number of rotatable bonds is 5. The Balaban J connectivity index is 1.95. The van der Waals surface area contributed by atoms with Gasteiger partial charge in [0.25, 0.3) is 0 Å². The number of aryl methyl sites for hydroxylation is 1. The van der Waals surface area contributed by atoms with Gasteiger partial charge in [-0.05, 0) is 30.7 Å². The van der Waals surface area contributed by atoms with E-state index in [2.05, 4.69) is 4.98 Å². The standard InChI is InChI=1S/C15H16N2O2/c1-11-7-9-17-15(16)14(11)13(18)8-10-19-12-5-3-2-4-6-12/h2-7,9H,8,10H2,1H3,(H2,16,17). The SMILES string of the molecule is Cc1ccnc(N)c1C(=O)CCOc1ccccc1. The van der Waals surface area contributed by atoms with Crippen molar-refractivity contribution in [1.82, 2.24) is 4.98 Å². The van der Waals surface area contributed by atoms with Gasteiger partial charge in [-0.25, -0.2) is 4.98 Å². The third-order valence-corrected chi connectivity index (χ3v) is 2.81. The van der Waals surface area contributed by atoms with E-state index in [9.17, 15) is 4.79 Å². The second-order valence-corrected chi connectivity index (χ2v) is 4.22. The highest BCUT2D eigenvalue weighted by Gasteiger charge is 2.13. The molecular formula is C15H16N2O2. The number of carbonyl (C=O) groups is 1. The Hall–Kier alpha value is -2.36. The molecule has 0 aliphatic rings. The molecule has 0 spiro atoms. The highest BCUT2D eigenvalue weighted by molar-refractivity contribution is 6.01. The molecule has 2 N–H and O–H groups in total. The van der Waals surface area contributed by atoms with Crippen LogP contribution >= 0.6 is 0 Å². The Morgan fingerprint density at radius 1 is 1.26 bits per heavy atom. The molecule has 0 saturated carbocycles. The van der Waals surface area contributed by atoms with Crippen LogP contribution in [0.1, 0.15) is 22.3 Å². The fraction of sp³-hybridized carbons (Fsp3) is 0.200. The lowest BCUT2D eigenvalue weighted by molar-refractivity contribution is 0.0962. The number of nitrogens with two attached hydrogens (primary N) is 1. The molecule has 4 heteroatoms. The maximum Gasteiger partial charge on any atom is 0.170 e. The summed E-state index contributed by atoms with van der Waals surface area (Å²) in [5.74, 6) is 0.995. The molecule has 19 heavy (non-hydrogen) atoms. The molecular weight excluding hydrogens is 240 g/mol. The molecule has 98 valence electrons. The minimum atomic E-state index is -0.0426. The smallest absolute Gasteiger partial charge is 0.170 e. The van der Waals surface area contributed by atoms with Crippen molar-refractivity contribution in [3.8, 4) is 5.75 Å². The fourth-order valence-corrected chi connectivity index (χ4v) is 1.85. The van der Waals surface area contributed by atoms with E-state index in [-0.39, 0.29) is 18.0 Å². The van der Waals surface area contributed by atoms with Crippen molar-refractivity contribution in [3.05, 3.63) is 53.7 Å². The summed E-state index contributed by atoms with van der Waals surface area (Å²) >= 11 is 0. The summed E-state index contributed by atoms with van der Waals surface area (Å²) in [7, 11) is 0. The average Bonchev–Trinajstić information content (AvgIpc) is 2.40. The lowest BCUT2D eigenvalue weighted by Gasteiger charge is -2.08. The molecule has 1 aromatic carbocycles. The Bertz CT molecular complexity index is 547. The summed E-state index contributed by atoms with van der Waals surface area (Å²) in [5, 5.41) is 0. The van der Waals surface area contributed by atoms with Crippen LogP contribution < -0.4 is 10.5 Å². The van der Waals surface area contributed by atoms with E-state index < -0.39 is 0 Å². The molecule has 0 saturated heterocycles. The van der Waals surface area contributed by atoms with Gasteiger partial charge in [-0.2, -0.15) is 0 Å². The van der Waals surface area contributed by atoms with Gasteiger partial charge in [-0.3, -0.25) is 4.79 Å². The van der Waals surface area contributed by atoms with Gasteiger partial charge in [0.2, 0.25) is 0 Å². The molecule has 4 nitrogen and oxygen atoms in total. The second kappa shape index (κ2) is 6.00. The lowest BCUT2D eigenvalue weighted by Crippen LogP contribution is -2.11. The first kappa shape index (κ1) is 13.1. The van der Waals surface area contributed by atoms with E-state index in [0.29, 0.717) is 12.2 Å². The van der Waals surface area contributed by atoms with E-state index in [0.717, 1.165) is 11.3 Å². The summed E-state index contributed by atoms with van der Waals surface area (Å²) in [6, 6.07) is 11.2. The Morgan fingerprint density at radius 3 is 2.68 bits per heavy atom. The number of ether oxygens (including phenoxy) is 1. The number of hydrogen-bond donors (Lipinski definition) is 1. The average molecular weight is 256 g/mol. The van der Waals surface area contributed by atoms with Gasteiger partial charge in [0.15, 0.2) is 5.78 Å². The molecule has 0 aliphatic heterocycles. The zero-order valence-electron chi connectivity index (χ0n) is 10.8. The van der Waals surface area contributed by atoms with Crippen LogP contribution in [-0.4, -0.2) is 17.4 Å². The van der Waals surface area contributed by atoms with Gasteiger partial charge < -0.3 is 10.5 Å². The largest absolute Gasteiger partial charge is 0.493 e. The first-order valence-corrected chi connectivity index (χ1v) is 6.10. The molecule has 1 aromatic heterocycles. The topological polar surface area (TPSA) is 65.2 Å². The van der Waals surface area contributed by atoms with Crippen LogP contribution in [0.15, 0.2) is 42.6 Å².